The SMILES string of the molecule is Cc1ccc(C(=O)NNC(=O)c2oc3c(c2C)/C(=N/NC(=O)c2cccc4ccccc24)CCC3)cc1. The molecule has 37 heavy (non-hydrogen) atoms. The van der Waals surface area contributed by atoms with Crippen molar-refractivity contribution in [2.75, 3.05) is 0 Å². The summed E-state index contributed by atoms with van der Waals surface area (Å²) in [5, 5.41) is 6.23. The zero-order chi connectivity index (χ0) is 25.9. The minimum Gasteiger partial charge on any atom is -0.455 e. The van der Waals surface area contributed by atoms with Crippen LogP contribution in [0.15, 0.2) is 76.2 Å². The molecule has 4 aromatic rings. The fourth-order valence-electron chi connectivity index (χ4n) is 4.55. The molecule has 0 radical (unpaired) electrons. The molecule has 0 atom stereocenters. The zero-order valence-corrected chi connectivity index (χ0v) is 20.6. The molecule has 3 amide bonds. The van der Waals surface area contributed by atoms with Gasteiger partial charge in [0.2, 0.25) is 0 Å². The molecule has 0 spiro atoms. The molecule has 0 saturated carbocycles. The minimum atomic E-state index is -0.563. The number of amides is 3. The molecule has 1 aliphatic rings. The van der Waals surface area contributed by atoms with Crippen molar-refractivity contribution < 1.29 is 18.8 Å². The van der Waals surface area contributed by atoms with Crippen LogP contribution in [0.2, 0.25) is 0 Å². The normalized spacial score (nSPS) is 13.7. The third kappa shape index (κ3) is 4.86. The fraction of sp³-hybridized carbons (Fsp3) is 0.172. The van der Waals surface area contributed by atoms with E-state index < -0.39 is 11.8 Å². The standard InChI is InChI=1S/C29H26N4O4/c1-17-13-15-20(16-14-17)27(34)31-33-29(36)26-18(2)25-23(11-6-12-24(25)37-26)30-32-28(35)22-10-5-8-19-7-3-4-9-21(19)22/h3-5,7-10,13-16H,6,11-12H2,1-2H3,(H,31,34)(H,32,35)(H,33,36)/b30-23+. The number of aryl methyl sites for hydroxylation is 2. The van der Waals surface area contributed by atoms with Crippen molar-refractivity contribution in [2.45, 2.75) is 33.1 Å². The predicted octanol–water partition coefficient (Wildman–Crippen LogP) is 4.59. The topological polar surface area (TPSA) is 113 Å². The van der Waals surface area contributed by atoms with Gasteiger partial charge >= 0.3 is 5.91 Å². The number of furan rings is 1. The molecule has 5 rings (SSSR count). The van der Waals surface area contributed by atoms with E-state index in [0.29, 0.717) is 41.0 Å². The highest BCUT2D eigenvalue weighted by molar-refractivity contribution is 6.09. The van der Waals surface area contributed by atoms with Crippen molar-refractivity contribution in [1.82, 2.24) is 16.3 Å². The second-order valence-corrected chi connectivity index (χ2v) is 9.01. The van der Waals surface area contributed by atoms with Gasteiger partial charge in [-0.15, -0.1) is 0 Å². The van der Waals surface area contributed by atoms with E-state index in [1.165, 1.54) is 0 Å². The van der Waals surface area contributed by atoms with Gasteiger partial charge in [-0.3, -0.25) is 25.2 Å². The van der Waals surface area contributed by atoms with Gasteiger partial charge in [0.05, 0.1) is 5.71 Å². The highest BCUT2D eigenvalue weighted by Gasteiger charge is 2.28. The van der Waals surface area contributed by atoms with Crippen molar-refractivity contribution >= 4 is 34.2 Å². The summed E-state index contributed by atoms with van der Waals surface area (Å²) in [6, 6.07) is 20.2. The summed E-state index contributed by atoms with van der Waals surface area (Å²) in [4.78, 5) is 38.1. The van der Waals surface area contributed by atoms with Crippen LogP contribution in [0.3, 0.4) is 0 Å². The van der Waals surface area contributed by atoms with Crippen LogP contribution in [0.4, 0.5) is 0 Å². The maximum Gasteiger partial charge on any atom is 0.305 e. The lowest BCUT2D eigenvalue weighted by Gasteiger charge is -2.13. The van der Waals surface area contributed by atoms with E-state index in [2.05, 4.69) is 21.4 Å². The number of hydrogen-bond acceptors (Lipinski definition) is 5. The summed E-state index contributed by atoms with van der Waals surface area (Å²) in [7, 11) is 0. The van der Waals surface area contributed by atoms with E-state index in [-0.39, 0.29) is 11.7 Å². The molecular weight excluding hydrogens is 468 g/mol. The third-order valence-electron chi connectivity index (χ3n) is 6.46. The number of nitrogens with zero attached hydrogens (tertiary/aromatic N) is 1. The van der Waals surface area contributed by atoms with E-state index >= 15 is 0 Å². The average Bonchev–Trinajstić information content (AvgIpc) is 3.27. The second-order valence-electron chi connectivity index (χ2n) is 9.01. The first-order valence-electron chi connectivity index (χ1n) is 12.1. The number of carbonyl (C=O) groups is 3. The molecule has 0 saturated heterocycles. The molecule has 1 aromatic heterocycles. The van der Waals surface area contributed by atoms with Crippen LogP contribution >= 0.6 is 0 Å². The Bertz CT molecular complexity index is 1540. The largest absolute Gasteiger partial charge is 0.455 e. The Labute approximate surface area is 213 Å². The van der Waals surface area contributed by atoms with Crippen LogP contribution in [0.1, 0.15) is 66.6 Å². The van der Waals surface area contributed by atoms with Crippen molar-refractivity contribution in [3.05, 3.63) is 106 Å². The first kappa shape index (κ1) is 24.0. The molecule has 0 fully saturated rings. The van der Waals surface area contributed by atoms with E-state index in [1.54, 1.807) is 25.1 Å². The van der Waals surface area contributed by atoms with Gasteiger partial charge < -0.3 is 4.42 Å². The van der Waals surface area contributed by atoms with Gasteiger partial charge in [-0.05, 0) is 55.7 Å². The van der Waals surface area contributed by atoms with Crippen molar-refractivity contribution in [2.24, 2.45) is 5.10 Å². The highest BCUT2D eigenvalue weighted by Crippen LogP contribution is 2.30. The number of hydrazone groups is 1. The Morgan fingerprint density at radius 3 is 2.35 bits per heavy atom. The van der Waals surface area contributed by atoms with Crippen molar-refractivity contribution in [1.29, 1.82) is 0 Å². The quantitative estimate of drug-likeness (QED) is 0.360. The van der Waals surface area contributed by atoms with Crippen LogP contribution in [0.5, 0.6) is 0 Å². The maximum absolute atomic E-state index is 13.0. The molecule has 0 bridgehead atoms. The van der Waals surface area contributed by atoms with Gasteiger partial charge in [0, 0.05) is 28.7 Å². The summed E-state index contributed by atoms with van der Waals surface area (Å²) in [6.07, 6.45) is 2.05. The van der Waals surface area contributed by atoms with E-state index in [9.17, 15) is 14.4 Å². The van der Waals surface area contributed by atoms with Gasteiger partial charge in [-0.25, -0.2) is 5.43 Å². The number of benzene rings is 3. The fourth-order valence-corrected chi connectivity index (χ4v) is 4.55. The monoisotopic (exact) mass is 494 g/mol. The van der Waals surface area contributed by atoms with Gasteiger partial charge in [-0.1, -0.05) is 54.1 Å². The molecule has 186 valence electrons. The van der Waals surface area contributed by atoms with E-state index in [4.69, 9.17) is 4.42 Å². The predicted molar refractivity (Wildman–Crippen MR) is 140 cm³/mol. The second kappa shape index (κ2) is 10.1. The lowest BCUT2D eigenvalue weighted by molar-refractivity contribution is 0.0829. The lowest BCUT2D eigenvalue weighted by Crippen LogP contribution is -2.41. The number of nitrogens with one attached hydrogen (secondary N) is 3. The summed E-state index contributed by atoms with van der Waals surface area (Å²) in [5.41, 5.74) is 11.5. The van der Waals surface area contributed by atoms with E-state index in [1.807, 2.05) is 55.5 Å². The average molecular weight is 495 g/mol. The zero-order valence-electron chi connectivity index (χ0n) is 20.6. The lowest BCUT2D eigenvalue weighted by atomic mass is 9.93. The van der Waals surface area contributed by atoms with Crippen LogP contribution in [0, 0.1) is 13.8 Å². The molecular formula is C29H26N4O4. The molecule has 0 aliphatic heterocycles. The van der Waals surface area contributed by atoms with Crippen LogP contribution < -0.4 is 16.3 Å². The maximum atomic E-state index is 13.0. The molecule has 3 N–H and O–H groups in total. The number of rotatable bonds is 4. The summed E-state index contributed by atoms with van der Waals surface area (Å²) in [6.45, 7) is 3.70. The van der Waals surface area contributed by atoms with Crippen LogP contribution in [-0.2, 0) is 6.42 Å². The Morgan fingerprint density at radius 1 is 0.811 bits per heavy atom. The van der Waals surface area contributed by atoms with Crippen molar-refractivity contribution in [3.63, 3.8) is 0 Å². The molecule has 0 unspecified atom stereocenters. The molecule has 8 nitrogen and oxygen atoms in total. The van der Waals surface area contributed by atoms with Gasteiger partial charge in [0.25, 0.3) is 11.8 Å². The Hall–Kier alpha value is -4.72. The first-order valence-corrected chi connectivity index (χ1v) is 12.1. The molecule has 8 heteroatoms. The van der Waals surface area contributed by atoms with Crippen LogP contribution in [0.25, 0.3) is 10.8 Å². The smallest absolute Gasteiger partial charge is 0.305 e. The number of hydrazine groups is 1. The molecule has 1 aliphatic carbocycles. The third-order valence-corrected chi connectivity index (χ3v) is 6.46. The minimum absolute atomic E-state index is 0.101. The number of hydrogen-bond donors (Lipinski definition) is 3. The van der Waals surface area contributed by atoms with Gasteiger partial charge in [-0.2, -0.15) is 5.10 Å². The van der Waals surface area contributed by atoms with Crippen molar-refractivity contribution in [3.8, 4) is 0 Å². The van der Waals surface area contributed by atoms with Crippen LogP contribution in [-0.4, -0.2) is 23.4 Å². The number of fused-ring (bicyclic) bond motifs is 2. The highest BCUT2D eigenvalue weighted by atomic mass is 16.4. The summed E-state index contributed by atoms with van der Waals surface area (Å²) < 4.78 is 5.87. The molecule has 1 heterocycles. The Balaban J connectivity index is 1.32. The van der Waals surface area contributed by atoms with Gasteiger partial charge in [0.1, 0.15) is 5.76 Å². The first-order chi connectivity index (χ1) is 17.9. The van der Waals surface area contributed by atoms with Gasteiger partial charge in [0.15, 0.2) is 5.76 Å². The molecule has 3 aromatic carbocycles. The Morgan fingerprint density at radius 2 is 1.54 bits per heavy atom. The summed E-state index contributed by atoms with van der Waals surface area (Å²) in [5.74, 6) is -0.567. The number of carbonyl (C=O) groups excluding carboxylic acids is 3. The summed E-state index contributed by atoms with van der Waals surface area (Å²) >= 11 is 0. The van der Waals surface area contributed by atoms with E-state index in [0.717, 1.165) is 28.3 Å². The Kier molecular flexibility index (Phi) is 6.55.